The van der Waals surface area contributed by atoms with Crippen LogP contribution in [0.15, 0.2) is 84.8 Å². The number of nitrogens with zero attached hydrogens (tertiary/aromatic N) is 2. The van der Waals surface area contributed by atoms with Gasteiger partial charge < -0.3 is 19.9 Å². The fraction of sp³-hybridized carbons (Fsp3) is 0.167. The Bertz CT molecular complexity index is 1540. The van der Waals surface area contributed by atoms with Crippen molar-refractivity contribution in [2.24, 2.45) is 0 Å². The van der Waals surface area contributed by atoms with Crippen LogP contribution in [0.4, 0.5) is 4.79 Å². The predicted octanol–water partition coefficient (Wildman–Crippen LogP) is 5.08. The molecule has 0 unspecified atom stereocenters. The minimum absolute atomic E-state index is 0.0710. The van der Waals surface area contributed by atoms with Gasteiger partial charge in [-0.25, -0.2) is 19.4 Å². The van der Waals surface area contributed by atoms with E-state index in [-0.39, 0.29) is 31.2 Å². The third kappa shape index (κ3) is 5.76. The van der Waals surface area contributed by atoms with Crippen LogP contribution in [0.5, 0.6) is 0 Å². The number of benzene rings is 2. The number of hydrogen-bond donors (Lipinski definition) is 2. The molecular weight excluding hydrogens is 530 g/mol. The number of pyridine rings is 1. The zero-order valence-corrected chi connectivity index (χ0v) is 22.1. The van der Waals surface area contributed by atoms with Crippen molar-refractivity contribution in [3.05, 3.63) is 107 Å². The van der Waals surface area contributed by atoms with Crippen LogP contribution < -0.4 is 5.32 Å². The summed E-state index contributed by atoms with van der Waals surface area (Å²) in [5.41, 5.74) is 5.36. The summed E-state index contributed by atoms with van der Waals surface area (Å²) >= 11 is 1.21. The number of aliphatic carboxylic acids is 1. The molecule has 0 bridgehead atoms. The molecule has 1 amide bonds. The van der Waals surface area contributed by atoms with Crippen molar-refractivity contribution in [1.29, 1.82) is 0 Å². The number of fused-ring (bicyclic) bond motifs is 3. The number of alkyl carbamates (subject to hydrolysis) is 1. The van der Waals surface area contributed by atoms with E-state index in [1.807, 2.05) is 48.5 Å². The van der Waals surface area contributed by atoms with Gasteiger partial charge in [-0.1, -0.05) is 67.3 Å². The van der Waals surface area contributed by atoms with Crippen LogP contribution in [0.25, 0.3) is 21.8 Å². The number of carboxylic acid groups (broad SMARTS) is 1. The topological polar surface area (TPSA) is 128 Å². The number of carbonyl (C=O) groups is 3. The second-order valence-electron chi connectivity index (χ2n) is 9.00. The Labute approximate surface area is 234 Å². The fourth-order valence-electron chi connectivity index (χ4n) is 4.60. The van der Waals surface area contributed by atoms with Crippen LogP contribution in [0, 0.1) is 0 Å². The first kappa shape index (κ1) is 26.8. The average Bonchev–Trinajstić information content (AvgIpc) is 3.58. The first-order valence-corrected chi connectivity index (χ1v) is 13.4. The maximum absolute atomic E-state index is 12.7. The van der Waals surface area contributed by atoms with Crippen molar-refractivity contribution in [2.75, 3.05) is 13.2 Å². The molecule has 0 spiro atoms. The van der Waals surface area contributed by atoms with E-state index in [4.69, 9.17) is 9.47 Å². The zero-order chi connectivity index (χ0) is 28.1. The zero-order valence-electron chi connectivity index (χ0n) is 21.3. The van der Waals surface area contributed by atoms with Crippen molar-refractivity contribution in [1.82, 2.24) is 15.3 Å². The van der Waals surface area contributed by atoms with Crippen molar-refractivity contribution in [3.63, 3.8) is 0 Å². The van der Waals surface area contributed by atoms with Crippen molar-refractivity contribution >= 4 is 29.4 Å². The molecule has 1 aliphatic carbocycles. The summed E-state index contributed by atoms with van der Waals surface area (Å²) in [5.74, 6) is -1.93. The van der Waals surface area contributed by atoms with Crippen LogP contribution in [-0.2, 0) is 20.7 Å². The normalized spacial score (nSPS) is 12.6. The quantitative estimate of drug-likeness (QED) is 0.205. The van der Waals surface area contributed by atoms with Gasteiger partial charge in [-0.2, -0.15) is 0 Å². The lowest BCUT2D eigenvalue weighted by molar-refractivity contribution is -0.139. The number of rotatable bonds is 10. The summed E-state index contributed by atoms with van der Waals surface area (Å²) in [6.45, 7) is 3.65. The monoisotopic (exact) mass is 555 g/mol. The fourth-order valence-corrected chi connectivity index (χ4v) is 5.36. The second kappa shape index (κ2) is 11.9. The van der Waals surface area contributed by atoms with Gasteiger partial charge >= 0.3 is 18.0 Å². The Hall–Kier alpha value is -4.83. The Morgan fingerprint density at radius 1 is 0.975 bits per heavy atom. The largest absolute Gasteiger partial charge is 0.480 e. The molecule has 0 radical (unpaired) electrons. The van der Waals surface area contributed by atoms with Crippen LogP contribution >= 0.6 is 11.3 Å². The molecular formula is C30H25N3O6S. The van der Waals surface area contributed by atoms with Crippen LogP contribution in [0.1, 0.15) is 33.2 Å². The third-order valence-electron chi connectivity index (χ3n) is 6.42. The Kier molecular flexibility index (Phi) is 7.97. The van der Waals surface area contributed by atoms with E-state index in [1.54, 1.807) is 23.6 Å². The van der Waals surface area contributed by atoms with E-state index >= 15 is 0 Å². The molecule has 2 heterocycles. The second-order valence-corrected chi connectivity index (χ2v) is 9.86. The van der Waals surface area contributed by atoms with E-state index in [2.05, 4.69) is 21.9 Å². The SMILES string of the molecule is C=CCOC(=O)c1csc(-c2cccc(C[C@H](NC(=O)OCC3c4ccccc4-c4ccccc43)C(=O)O)n2)n1. The first-order chi connectivity index (χ1) is 19.4. The highest BCUT2D eigenvalue weighted by atomic mass is 32.1. The summed E-state index contributed by atoms with van der Waals surface area (Å²) in [7, 11) is 0. The molecule has 0 aliphatic heterocycles. The average molecular weight is 556 g/mol. The highest BCUT2D eigenvalue weighted by Crippen LogP contribution is 2.44. The van der Waals surface area contributed by atoms with Gasteiger partial charge in [0.15, 0.2) is 5.69 Å². The number of ether oxygens (including phenoxy) is 2. The van der Waals surface area contributed by atoms with Gasteiger partial charge in [-0.15, -0.1) is 11.3 Å². The lowest BCUT2D eigenvalue weighted by Crippen LogP contribution is -2.43. The molecule has 0 saturated carbocycles. The van der Waals surface area contributed by atoms with Gasteiger partial charge in [0.25, 0.3) is 0 Å². The summed E-state index contributed by atoms with van der Waals surface area (Å²) < 4.78 is 10.5. The van der Waals surface area contributed by atoms with Crippen molar-refractivity contribution in [3.8, 4) is 21.8 Å². The number of carbonyl (C=O) groups excluding carboxylic acids is 2. The van der Waals surface area contributed by atoms with Gasteiger partial charge in [0.1, 0.15) is 24.3 Å². The van der Waals surface area contributed by atoms with Crippen LogP contribution in [0.2, 0.25) is 0 Å². The van der Waals surface area contributed by atoms with Crippen LogP contribution in [-0.4, -0.2) is 52.4 Å². The highest BCUT2D eigenvalue weighted by molar-refractivity contribution is 7.13. The number of hydrogen-bond acceptors (Lipinski definition) is 8. The standard InChI is InChI=1S/C30H25N3O6S/c1-2-14-38-29(36)26-17-40-27(32-26)24-13-7-8-18(31-24)15-25(28(34)35)33-30(37)39-16-23-21-11-5-3-9-19(21)20-10-4-6-12-22(20)23/h2-13,17,23,25H,1,14-16H2,(H,33,37)(H,34,35)/t25-/m0/s1. The minimum Gasteiger partial charge on any atom is -0.480 e. The van der Waals surface area contributed by atoms with Crippen molar-refractivity contribution in [2.45, 2.75) is 18.4 Å². The smallest absolute Gasteiger partial charge is 0.407 e. The van der Waals surface area contributed by atoms with Gasteiger partial charge in [0, 0.05) is 23.4 Å². The molecule has 0 saturated heterocycles. The number of nitrogens with one attached hydrogen (secondary N) is 1. The molecule has 1 aliphatic rings. The summed E-state index contributed by atoms with van der Waals surface area (Å²) in [5, 5.41) is 14.3. The lowest BCUT2D eigenvalue weighted by Gasteiger charge is -2.17. The third-order valence-corrected chi connectivity index (χ3v) is 7.28. The molecule has 2 N–H and O–H groups in total. The Morgan fingerprint density at radius 2 is 1.68 bits per heavy atom. The van der Waals surface area contributed by atoms with Crippen LogP contribution in [0.3, 0.4) is 0 Å². The number of aromatic nitrogens is 2. The summed E-state index contributed by atoms with van der Waals surface area (Å²) in [6.07, 6.45) is 0.562. The van der Waals surface area contributed by atoms with Gasteiger partial charge in [-0.3, -0.25) is 4.98 Å². The molecule has 0 fully saturated rings. The summed E-state index contributed by atoms with van der Waals surface area (Å²) in [6, 6.07) is 19.7. The number of carboxylic acids is 1. The van der Waals surface area contributed by atoms with Crippen molar-refractivity contribution < 1.29 is 29.0 Å². The Balaban J connectivity index is 1.23. The number of thiazole rings is 1. The van der Waals surface area contributed by atoms with Gasteiger partial charge in [0.05, 0.1) is 5.69 Å². The molecule has 10 heteroatoms. The maximum Gasteiger partial charge on any atom is 0.407 e. The molecule has 1 atom stereocenters. The predicted molar refractivity (Wildman–Crippen MR) is 149 cm³/mol. The van der Waals surface area contributed by atoms with E-state index in [1.165, 1.54) is 17.4 Å². The molecule has 202 valence electrons. The van der Waals surface area contributed by atoms with E-state index in [0.717, 1.165) is 22.3 Å². The molecule has 40 heavy (non-hydrogen) atoms. The first-order valence-electron chi connectivity index (χ1n) is 12.5. The number of amides is 1. The van der Waals surface area contributed by atoms with Gasteiger partial charge in [-0.05, 0) is 34.4 Å². The van der Waals surface area contributed by atoms with Gasteiger partial charge in [0.2, 0.25) is 0 Å². The molecule has 4 aromatic rings. The van der Waals surface area contributed by atoms with E-state index in [0.29, 0.717) is 16.4 Å². The van der Waals surface area contributed by atoms with E-state index in [9.17, 15) is 19.5 Å². The Morgan fingerprint density at radius 3 is 2.35 bits per heavy atom. The minimum atomic E-state index is -1.26. The van der Waals surface area contributed by atoms with E-state index < -0.39 is 24.1 Å². The molecule has 5 rings (SSSR count). The molecule has 2 aromatic heterocycles. The molecule has 2 aromatic carbocycles. The maximum atomic E-state index is 12.7. The molecule has 9 nitrogen and oxygen atoms in total. The number of esters is 1. The lowest BCUT2D eigenvalue weighted by atomic mass is 9.98. The summed E-state index contributed by atoms with van der Waals surface area (Å²) in [4.78, 5) is 45.5. The highest BCUT2D eigenvalue weighted by Gasteiger charge is 2.30.